The lowest BCUT2D eigenvalue weighted by atomic mass is 9.97. The smallest absolute Gasteiger partial charge is 0.254 e. The maximum Gasteiger partial charge on any atom is 0.254 e. The summed E-state index contributed by atoms with van der Waals surface area (Å²) >= 11 is 1.47. The van der Waals surface area contributed by atoms with E-state index in [2.05, 4.69) is 11.8 Å². The average Bonchev–Trinajstić information content (AvgIpc) is 2.93. The standard InChI is InChI=1S/C14H18N2O2S/c15-5-1-2-13-8-12(10-19-13)14(18)16-6-3-11(9-17)4-7-16/h8,10-11,17H,3-7,9,15H2. The number of likely N-dealkylation sites (tertiary alicyclic amines) is 1. The largest absolute Gasteiger partial charge is 0.396 e. The van der Waals surface area contributed by atoms with Crippen LogP contribution in [0.25, 0.3) is 0 Å². The quantitative estimate of drug-likeness (QED) is 0.790. The van der Waals surface area contributed by atoms with Crippen molar-refractivity contribution in [2.45, 2.75) is 12.8 Å². The summed E-state index contributed by atoms with van der Waals surface area (Å²) in [6, 6.07) is 1.83. The van der Waals surface area contributed by atoms with Gasteiger partial charge in [0.15, 0.2) is 0 Å². The van der Waals surface area contributed by atoms with Crippen LogP contribution in [0.2, 0.25) is 0 Å². The highest BCUT2D eigenvalue weighted by atomic mass is 32.1. The van der Waals surface area contributed by atoms with Crippen molar-refractivity contribution < 1.29 is 9.90 Å². The number of piperidine rings is 1. The number of aliphatic hydroxyl groups is 1. The highest BCUT2D eigenvalue weighted by Gasteiger charge is 2.23. The number of nitrogens with two attached hydrogens (primary N) is 1. The number of nitrogens with zero attached hydrogens (tertiary/aromatic N) is 1. The van der Waals surface area contributed by atoms with Gasteiger partial charge in [0.1, 0.15) is 0 Å². The summed E-state index contributed by atoms with van der Waals surface area (Å²) in [5.41, 5.74) is 6.02. The molecule has 0 saturated carbocycles. The van der Waals surface area contributed by atoms with Gasteiger partial charge < -0.3 is 15.7 Å². The molecular weight excluding hydrogens is 260 g/mol. The van der Waals surface area contributed by atoms with Crippen molar-refractivity contribution in [3.05, 3.63) is 21.9 Å². The number of thiophene rings is 1. The van der Waals surface area contributed by atoms with Gasteiger partial charge in [-0.05, 0) is 24.8 Å². The monoisotopic (exact) mass is 278 g/mol. The minimum atomic E-state index is 0.0634. The summed E-state index contributed by atoms with van der Waals surface area (Å²) < 4.78 is 0. The van der Waals surface area contributed by atoms with E-state index in [0.717, 1.165) is 30.8 Å². The molecule has 1 amide bonds. The highest BCUT2D eigenvalue weighted by molar-refractivity contribution is 7.10. The molecule has 0 aromatic carbocycles. The average molecular weight is 278 g/mol. The number of amides is 1. The Hall–Kier alpha value is -1.35. The molecule has 2 heterocycles. The van der Waals surface area contributed by atoms with Gasteiger partial charge in [-0.3, -0.25) is 4.79 Å². The van der Waals surface area contributed by atoms with Crippen molar-refractivity contribution >= 4 is 17.2 Å². The molecule has 0 spiro atoms. The fraction of sp³-hybridized carbons (Fsp3) is 0.500. The third kappa shape index (κ3) is 3.57. The summed E-state index contributed by atoms with van der Waals surface area (Å²) in [5.74, 6) is 6.13. The van der Waals surface area contributed by atoms with Gasteiger partial charge in [-0.15, -0.1) is 11.3 Å². The molecule has 1 saturated heterocycles. The SMILES string of the molecule is NCC#Cc1cc(C(=O)N2CCC(CO)CC2)cs1. The first-order valence-corrected chi connectivity index (χ1v) is 7.30. The van der Waals surface area contributed by atoms with Gasteiger partial charge in [0.2, 0.25) is 0 Å². The summed E-state index contributed by atoms with van der Waals surface area (Å²) in [6.07, 6.45) is 1.76. The molecule has 0 unspecified atom stereocenters. The van der Waals surface area contributed by atoms with E-state index in [9.17, 15) is 4.79 Å². The molecule has 0 atom stereocenters. The second-order valence-electron chi connectivity index (χ2n) is 4.62. The lowest BCUT2D eigenvalue weighted by molar-refractivity contribution is 0.0651. The van der Waals surface area contributed by atoms with Gasteiger partial charge in [0.05, 0.1) is 17.0 Å². The second kappa shape index (κ2) is 6.71. The zero-order chi connectivity index (χ0) is 13.7. The second-order valence-corrected chi connectivity index (χ2v) is 5.53. The lowest BCUT2D eigenvalue weighted by Gasteiger charge is -2.30. The van der Waals surface area contributed by atoms with E-state index >= 15 is 0 Å². The summed E-state index contributed by atoms with van der Waals surface area (Å²) in [5, 5.41) is 10.9. The molecule has 5 heteroatoms. The van der Waals surface area contributed by atoms with Crippen LogP contribution in [0.4, 0.5) is 0 Å². The minimum absolute atomic E-state index is 0.0634. The summed E-state index contributed by atoms with van der Waals surface area (Å²) in [4.78, 5) is 15.0. The van der Waals surface area contributed by atoms with Crippen molar-refractivity contribution in [1.29, 1.82) is 0 Å². The maximum absolute atomic E-state index is 12.3. The number of hydrogen-bond donors (Lipinski definition) is 2. The Morgan fingerprint density at radius 1 is 1.53 bits per heavy atom. The van der Waals surface area contributed by atoms with Gasteiger partial charge in [-0.2, -0.15) is 0 Å². The fourth-order valence-corrected chi connectivity index (χ4v) is 2.90. The fourth-order valence-electron chi connectivity index (χ4n) is 2.15. The number of aliphatic hydroxyl groups excluding tert-OH is 1. The molecule has 3 N–H and O–H groups in total. The topological polar surface area (TPSA) is 66.6 Å². The molecule has 0 radical (unpaired) electrons. The van der Waals surface area contributed by atoms with Gasteiger partial charge >= 0.3 is 0 Å². The summed E-state index contributed by atoms with van der Waals surface area (Å²) in [7, 11) is 0. The third-order valence-electron chi connectivity index (χ3n) is 3.32. The molecule has 102 valence electrons. The van der Waals surface area contributed by atoms with Gasteiger partial charge in [0, 0.05) is 25.1 Å². The van der Waals surface area contributed by atoms with Crippen molar-refractivity contribution in [1.82, 2.24) is 4.90 Å². The van der Waals surface area contributed by atoms with E-state index in [1.165, 1.54) is 11.3 Å². The van der Waals surface area contributed by atoms with E-state index in [0.29, 0.717) is 18.0 Å². The van der Waals surface area contributed by atoms with Crippen LogP contribution < -0.4 is 5.73 Å². The van der Waals surface area contributed by atoms with Crippen LogP contribution in [-0.4, -0.2) is 42.2 Å². The van der Waals surface area contributed by atoms with Crippen LogP contribution >= 0.6 is 11.3 Å². The van der Waals surface area contributed by atoms with Crippen LogP contribution in [0, 0.1) is 17.8 Å². The highest BCUT2D eigenvalue weighted by Crippen LogP contribution is 2.20. The third-order valence-corrected chi connectivity index (χ3v) is 4.17. The van der Waals surface area contributed by atoms with Crippen LogP contribution in [0.3, 0.4) is 0 Å². The molecule has 1 aromatic rings. The Bertz CT molecular complexity index is 493. The molecule has 19 heavy (non-hydrogen) atoms. The molecule has 1 aliphatic rings. The Morgan fingerprint density at radius 2 is 2.26 bits per heavy atom. The molecule has 1 fully saturated rings. The van der Waals surface area contributed by atoms with Gasteiger partial charge in [-0.25, -0.2) is 0 Å². The lowest BCUT2D eigenvalue weighted by Crippen LogP contribution is -2.39. The van der Waals surface area contributed by atoms with Crippen molar-refractivity contribution in [2.24, 2.45) is 11.7 Å². The first kappa shape index (κ1) is 14.1. The molecule has 4 nitrogen and oxygen atoms in total. The van der Waals surface area contributed by atoms with Gasteiger partial charge in [-0.1, -0.05) is 11.8 Å². The van der Waals surface area contributed by atoms with Crippen LogP contribution in [0.1, 0.15) is 28.1 Å². The Balaban J connectivity index is 1.98. The number of carbonyl (C=O) groups excluding carboxylic acids is 1. The first-order valence-electron chi connectivity index (χ1n) is 6.42. The van der Waals surface area contributed by atoms with Crippen molar-refractivity contribution in [3.8, 4) is 11.8 Å². The van der Waals surface area contributed by atoms with Gasteiger partial charge in [0.25, 0.3) is 5.91 Å². The maximum atomic E-state index is 12.3. The van der Waals surface area contributed by atoms with Crippen molar-refractivity contribution in [3.63, 3.8) is 0 Å². The van der Waals surface area contributed by atoms with Crippen molar-refractivity contribution in [2.75, 3.05) is 26.2 Å². The zero-order valence-electron chi connectivity index (χ0n) is 10.8. The molecule has 2 rings (SSSR count). The van der Waals surface area contributed by atoms with E-state index in [1.807, 2.05) is 16.3 Å². The molecule has 1 aliphatic heterocycles. The minimum Gasteiger partial charge on any atom is -0.396 e. The number of rotatable bonds is 2. The molecule has 0 bridgehead atoms. The number of carbonyl (C=O) groups is 1. The predicted molar refractivity (Wildman–Crippen MR) is 76.0 cm³/mol. The zero-order valence-corrected chi connectivity index (χ0v) is 11.6. The van der Waals surface area contributed by atoms with Crippen LogP contribution in [-0.2, 0) is 0 Å². The van der Waals surface area contributed by atoms with E-state index in [4.69, 9.17) is 10.8 Å². The van der Waals surface area contributed by atoms with Crippen LogP contribution in [0.15, 0.2) is 11.4 Å². The van der Waals surface area contributed by atoms with E-state index in [-0.39, 0.29) is 12.5 Å². The molecular formula is C14H18N2O2S. The predicted octanol–water partition coefficient (Wildman–Crippen LogP) is 0.903. The first-order chi connectivity index (χ1) is 9.24. The molecule has 0 aliphatic carbocycles. The Kier molecular flexibility index (Phi) is 4.97. The normalized spacial score (nSPS) is 16.0. The Labute approximate surface area is 117 Å². The van der Waals surface area contributed by atoms with E-state index < -0.39 is 0 Å². The summed E-state index contributed by atoms with van der Waals surface area (Å²) in [6.45, 7) is 2.00. The molecule has 1 aromatic heterocycles. The van der Waals surface area contributed by atoms with E-state index in [1.54, 1.807) is 0 Å². The van der Waals surface area contributed by atoms with Crippen LogP contribution in [0.5, 0.6) is 0 Å². The number of hydrogen-bond acceptors (Lipinski definition) is 4. The Morgan fingerprint density at radius 3 is 2.89 bits per heavy atom.